The lowest BCUT2D eigenvalue weighted by Gasteiger charge is -2.13. The standard InChI is InChI=1S/C10H11BrF2N2O2/c1-17-7(16)2-5-4-15-9(11)8(10(12)13)6(5)3-14/h4,10H,2-3,14H2,1H3. The number of carbonyl (C=O) groups excluding carboxylic acids is 1. The maximum absolute atomic E-state index is 12.8. The van der Waals surface area contributed by atoms with Crippen molar-refractivity contribution < 1.29 is 18.3 Å². The number of nitrogens with two attached hydrogens (primary N) is 1. The number of halogens is 3. The molecule has 0 radical (unpaired) electrons. The summed E-state index contributed by atoms with van der Waals surface area (Å²) in [6.07, 6.45) is -1.48. The first-order valence-electron chi connectivity index (χ1n) is 4.72. The van der Waals surface area contributed by atoms with E-state index in [9.17, 15) is 13.6 Å². The van der Waals surface area contributed by atoms with Crippen LogP contribution in [0.25, 0.3) is 0 Å². The van der Waals surface area contributed by atoms with Crippen molar-refractivity contribution in [3.63, 3.8) is 0 Å². The maximum Gasteiger partial charge on any atom is 0.310 e. The van der Waals surface area contributed by atoms with Crippen molar-refractivity contribution >= 4 is 21.9 Å². The fourth-order valence-electron chi connectivity index (χ4n) is 1.42. The molecular weight excluding hydrogens is 298 g/mol. The van der Waals surface area contributed by atoms with Gasteiger partial charge >= 0.3 is 5.97 Å². The summed E-state index contributed by atoms with van der Waals surface area (Å²) in [5.41, 5.74) is 5.76. The van der Waals surface area contributed by atoms with Crippen LogP contribution >= 0.6 is 15.9 Å². The van der Waals surface area contributed by atoms with Gasteiger partial charge in [-0.15, -0.1) is 0 Å². The number of alkyl halides is 2. The van der Waals surface area contributed by atoms with Gasteiger partial charge in [0.15, 0.2) is 0 Å². The number of hydrogen-bond donors (Lipinski definition) is 1. The first kappa shape index (κ1) is 14.0. The number of hydrogen-bond acceptors (Lipinski definition) is 4. The Morgan fingerprint density at radius 2 is 2.29 bits per heavy atom. The van der Waals surface area contributed by atoms with Crippen molar-refractivity contribution in [3.05, 3.63) is 27.5 Å². The summed E-state index contributed by atoms with van der Waals surface area (Å²) in [6.45, 7) is -0.0902. The molecule has 17 heavy (non-hydrogen) atoms. The SMILES string of the molecule is COC(=O)Cc1cnc(Br)c(C(F)F)c1CN. The molecule has 1 rings (SSSR count). The van der Waals surface area contributed by atoms with Crippen molar-refractivity contribution in [2.45, 2.75) is 19.4 Å². The maximum atomic E-state index is 12.8. The molecule has 2 N–H and O–H groups in total. The van der Waals surface area contributed by atoms with Crippen LogP contribution in [0.2, 0.25) is 0 Å². The minimum atomic E-state index is -2.70. The average Bonchev–Trinajstić information content (AvgIpc) is 2.30. The second kappa shape index (κ2) is 6.02. The zero-order chi connectivity index (χ0) is 13.0. The van der Waals surface area contributed by atoms with Crippen molar-refractivity contribution in [3.8, 4) is 0 Å². The number of methoxy groups -OCH3 is 1. The van der Waals surface area contributed by atoms with Crippen LogP contribution in [-0.4, -0.2) is 18.1 Å². The number of rotatable bonds is 4. The third-order valence-corrected chi connectivity index (χ3v) is 2.89. The Kier molecular flexibility index (Phi) is 4.95. The molecule has 0 aromatic carbocycles. The zero-order valence-electron chi connectivity index (χ0n) is 9.04. The van der Waals surface area contributed by atoms with E-state index in [0.717, 1.165) is 0 Å². The Bertz CT molecular complexity index is 427. The molecule has 1 aromatic rings. The Hall–Kier alpha value is -1.08. The smallest absolute Gasteiger partial charge is 0.310 e. The molecule has 0 aliphatic heterocycles. The van der Waals surface area contributed by atoms with Crippen molar-refractivity contribution in [2.24, 2.45) is 5.73 Å². The monoisotopic (exact) mass is 308 g/mol. The fourth-order valence-corrected chi connectivity index (χ4v) is 1.94. The molecule has 4 nitrogen and oxygen atoms in total. The van der Waals surface area contributed by atoms with Crippen LogP contribution in [0, 0.1) is 0 Å². The van der Waals surface area contributed by atoms with Gasteiger partial charge in [-0.05, 0) is 27.1 Å². The van der Waals surface area contributed by atoms with Gasteiger partial charge in [-0.2, -0.15) is 0 Å². The predicted molar refractivity (Wildman–Crippen MR) is 60.5 cm³/mol. The van der Waals surface area contributed by atoms with Crippen molar-refractivity contribution in [1.82, 2.24) is 4.98 Å². The third kappa shape index (κ3) is 3.19. The topological polar surface area (TPSA) is 65.2 Å². The third-order valence-electron chi connectivity index (χ3n) is 2.25. The Morgan fingerprint density at radius 3 is 2.76 bits per heavy atom. The van der Waals surface area contributed by atoms with Crippen LogP contribution < -0.4 is 5.73 Å². The van der Waals surface area contributed by atoms with Gasteiger partial charge in [0.1, 0.15) is 4.60 Å². The van der Waals surface area contributed by atoms with Crippen LogP contribution in [0.1, 0.15) is 23.1 Å². The van der Waals surface area contributed by atoms with E-state index in [4.69, 9.17) is 5.73 Å². The molecule has 0 fully saturated rings. The molecule has 0 saturated heterocycles. The minimum Gasteiger partial charge on any atom is -0.469 e. The highest BCUT2D eigenvalue weighted by atomic mass is 79.9. The number of ether oxygens (including phenoxy) is 1. The second-order valence-electron chi connectivity index (χ2n) is 3.22. The molecule has 0 aliphatic carbocycles. The molecule has 1 heterocycles. The zero-order valence-corrected chi connectivity index (χ0v) is 10.6. The molecule has 7 heteroatoms. The summed E-state index contributed by atoms with van der Waals surface area (Å²) in [4.78, 5) is 14.9. The van der Waals surface area contributed by atoms with E-state index in [-0.39, 0.29) is 28.7 Å². The summed E-state index contributed by atoms with van der Waals surface area (Å²) in [5, 5.41) is 0. The van der Waals surface area contributed by atoms with Crippen LogP contribution in [0.4, 0.5) is 8.78 Å². The van der Waals surface area contributed by atoms with E-state index >= 15 is 0 Å². The number of carbonyl (C=O) groups is 1. The normalized spacial score (nSPS) is 10.7. The summed E-state index contributed by atoms with van der Waals surface area (Å²) in [6, 6.07) is 0. The van der Waals surface area contributed by atoms with Gasteiger partial charge in [-0.3, -0.25) is 4.79 Å². The largest absolute Gasteiger partial charge is 0.469 e. The highest BCUT2D eigenvalue weighted by molar-refractivity contribution is 9.10. The van der Waals surface area contributed by atoms with Crippen molar-refractivity contribution in [1.29, 1.82) is 0 Å². The summed E-state index contributed by atoms with van der Waals surface area (Å²) in [5.74, 6) is -0.524. The van der Waals surface area contributed by atoms with Gasteiger partial charge in [0.05, 0.1) is 19.1 Å². The molecule has 0 amide bonds. The first-order chi connectivity index (χ1) is 8.01. The minimum absolute atomic E-state index is 0.0431. The van der Waals surface area contributed by atoms with E-state index in [2.05, 4.69) is 25.7 Å². The summed E-state index contributed by atoms with van der Waals surface area (Å²) < 4.78 is 30.2. The number of pyridine rings is 1. The Balaban J connectivity index is 3.23. The molecule has 0 aliphatic rings. The van der Waals surface area contributed by atoms with Crippen LogP contribution in [0.3, 0.4) is 0 Å². The lowest BCUT2D eigenvalue weighted by atomic mass is 10.0. The molecule has 0 unspecified atom stereocenters. The van der Waals surface area contributed by atoms with Crippen LogP contribution in [0.5, 0.6) is 0 Å². The van der Waals surface area contributed by atoms with Gasteiger partial charge < -0.3 is 10.5 Å². The summed E-state index contributed by atoms with van der Waals surface area (Å²) in [7, 11) is 1.23. The van der Waals surface area contributed by atoms with Gasteiger partial charge in [0.2, 0.25) is 0 Å². The number of esters is 1. The number of nitrogens with zero attached hydrogens (tertiary/aromatic N) is 1. The molecule has 0 saturated carbocycles. The van der Waals surface area contributed by atoms with Crippen molar-refractivity contribution in [2.75, 3.05) is 7.11 Å². The average molecular weight is 309 g/mol. The predicted octanol–water partition coefficient (Wildman–Crippen LogP) is 1.96. The van der Waals surface area contributed by atoms with Gasteiger partial charge in [0.25, 0.3) is 6.43 Å². The van der Waals surface area contributed by atoms with E-state index < -0.39 is 12.4 Å². The van der Waals surface area contributed by atoms with Gasteiger partial charge in [-0.25, -0.2) is 13.8 Å². The van der Waals surface area contributed by atoms with Gasteiger partial charge in [-0.1, -0.05) is 0 Å². The lowest BCUT2D eigenvalue weighted by molar-refractivity contribution is -0.139. The quantitative estimate of drug-likeness (QED) is 0.682. The fraction of sp³-hybridized carbons (Fsp3) is 0.400. The van der Waals surface area contributed by atoms with E-state index in [0.29, 0.717) is 5.56 Å². The van der Waals surface area contributed by atoms with E-state index in [1.54, 1.807) is 0 Å². The summed E-state index contributed by atoms with van der Waals surface area (Å²) >= 11 is 2.94. The molecule has 94 valence electrons. The highest BCUT2D eigenvalue weighted by Gasteiger charge is 2.21. The molecule has 0 spiro atoms. The lowest BCUT2D eigenvalue weighted by Crippen LogP contribution is -2.13. The van der Waals surface area contributed by atoms with E-state index in [1.165, 1.54) is 13.3 Å². The van der Waals surface area contributed by atoms with Crippen LogP contribution in [-0.2, 0) is 22.5 Å². The van der Waals surface area contributed by atoms with Crippen LogP contribution in [0.15, 0.2) is 10.8 Å². The first-order valence-corrected chi connectivity index (χ1v) is 5.51. The molecule has 0 atom stereocenters. The number of aromatic nitrogens is 1. The molecular formula is C10H11BrF2N2O2. The molecule has 0 bridgehead atoms. The molecule has 1 aromatic heterocycles. The Labute approximate surface area is 105 Å². The second-order valence-corrected chi connectivity index (χ2v) is 3.98. The highest BCUT2D eigenvalue weighted by Crippen LogP contribution is 2.31. The Morgan fingerprint density at radius 1 is 1.65 bits per heavy atom. The van der Waals surface area contributed by atoms with Gasteiger partial charge in [0, 0.05) is 12.7 Å². The van der Waals surface area contributed by atoms with E-state index in [1.807, 2.05) is 0 Å².